The Labute approximate surface area is 134 Å². The van der Waals surface area contributed by atoms with Gasteiger partial charge in [0.05, 0.1) is 5.41 Å². The van der Waals surface area contributed by atoms with Crippen molar-refractivity contribution in [2.45, 2.75) is 52.0 Å². The maximum atomic E-state index is 12.7. The van der Waals surface area contributed by atoms with Gasteiger partial charge >= 0.3 is 0 Å². The number of nitrogens with zero attached hydrogens (tertiary/aromatic N) is 1. The fraction of sp³-hybridized carbons (Fsp3) is 0.632. The van der Waals surface area contributed by atoms with E-state index in [1.807, 2.05) is 0 Å². The lowest BCUT2D eigenvalue weighted by Gasteiger charge is -2.40. The highest BCUT2D eigenvalue weighted by Crippen LogP contribution is 2.38. The zero-order valence-electron chi connectivity index (χ0n) is 13.7. The summed E-state index contributed by atoms with van der Waals surface area (Å²) >= 11 is 0. The van der Waals surface area contributed by atoms with Crippen molar-refractivity contribution in [2.75, 3.05) is 19.6 Å². The quantitative estimate of drug-likeness (QED) is 0.867. The number of amides is 1. The Kier molecular flexibility index (Phi) is 4.82. The lowest BCUT2D eigenvalue weighted by molar-refractivity contribution is -0.133. The van der Waals surface area contributed by atoms with Crippen molar-refractivity contribution in [1.29, 1.82) is 0 Å². The minimum atomic E-state index is -0.173. The van der Waals surface area contributed by atoms with Crippen LogP contribution in [-0.4, -0.2) is 30.4 Å². The second kappa shape index (κ2) is 6.82. The summed E-state index contributed by atoms with van der Waals surface area (Å²) < 4.78 is 0. The van der Waals surface area contributed by atoms with Crippen molar-refractivity contribution in [1.82, 2.24) is 10.2 Å². The number of rotatable bonds is 4. The van der Waals surface area contributed by atoms with Gasteiger partial charge in [0.25, 0.3) is 0 Å². The summed E-state index contributed by atoms with van der Waals surface area (Å²) in [6, 6.07) is 8.51. The zero-order valence-corrected chi connectivity index (χ0v) is 13.7. The minimum absolute atomic E-state index is 0.173. The fourth-order valence-electron chi connectivity index (χ4n) is 3.90. The van der Waals surface area contributed by atoms with E-state index < -0.39 is 0 Å². The number of piperidine rings is 1. The molecule has 1 spiro atoms. The number of hydrogen-bond acceptors (Lipinski definition) is 2. The zero-order chi connectivity index (χ0) is 15.4. The number of carbonyl (C=O) groups excluding carboxylic acids is 1. The number of benzene rings is 1. The largest absolute Gasteiger partial charge is 0.352 e. The molecule has 0 atom stereocenters. The van der Waals surface area contributed by atoms with Crippen LogP contribution in [-0.2, 0) is 17.8 Å². The molecule has 22 heavy (non-hydrogen) atoms. The molecule has 2 aliphatic rings. The number of nitrogens with one attached hydrogen (secondary N) is 1. The highest BCUT2D eigenvalue weighted by molar-refractivity contribution is 5.83. The highest BCUT2D eigenvalue weighted by Gasteiger charge is 2.42. The maximum absolute atomic E-state index is 12.7. The van der Waals surface area contributed by atoms with Gasteiger partial charge in [0.2, 0.25) is 5.91 Å². The van der Waals surface area contributed by atoms with Crippen LogP contribution in [0, 0.1) is 5.41 Å². The molecule has 2 aliphatic heterocycles. The van der Waals surface area contributed by atoms with Crippen LogP contribution in [0.5, 0.6) is 0 Å². The van der Waals surface area contributed by atoms with E-state index in [9.17, 15) is 4.79 Å². The van der Waals surface area contributed by atoms with Crippen LogP contribution in [0.3, 0.4) is 0 Å². The first-order valence-corrected chi connectivity index (χ1v) is 8.81. The van der Waals surface area contributed by atoms with Crippen LogP contribution in [0.15, 0.2) is 24.3 Å². The molecule has 1 aromatic carbocycles. The third-order valence-corrected chi connectivity index (χ3v) is 5.46. The molecule has 0 radical (unpaired) electrons. The first-order chi connectivity index (χ1) is 10.7. The molecule has 0 unspecified atom stereocenters. The summed E-state index contributed by atoms with van der Waals surface area (Å²) in [5, 5.41) is 3.17. The van der Waals surface area contributed by atoms with Gasteiger partial charge in [-0.3, -0.25) is 4.79 Å². The summed E-state index contributed by atoms with van der Waals surface area (Å²) in [5.41, 5.74) is 2.48. The summed E-state index contributed by atoms with van der Waals surface area (Å²) in [6.45, 7) is 6.27. The topological polar surface area (TPSA) is 32.3 Å². The van der Waals surface area contributed by atoms with E-state index in [4.69, 9.17) is 0 Å². The number of fused-ring (bicyclic) bond motifs is 1. The Bertz CT molecular complexity index is 518. The van der Waals surface area contributed by atoms with Crippen LogP contribution in [0.1, 0.15) is 50.2 Å². The summed E-state index contributed by atoms with van der Waals surface area (Å²) in [5.74, 6) is 0.275. The molecule has 0 bridgehead atoms. The molecule has 3 heteroatoms. The van der Waals surface area contributed by atoms with Crippen LogP contribution in [0.2, 0.25) is 0 Å². The molecule has 3 rings (SSSR count). The SMILES string of the molecule is CCCCCN1CCC2(CC1)Cc1ccccc1CNC2=O. The molecule has 3 nitrogen and oxygen atoms in total. The van der Waals surface area contributed by atoms with Crippen molar-refractivity contribution >= 4 is 5.91 Å². The standard InChI is InChI=1S/C19H28N2O/c1-2-3-6-11-21-12-9-19(10-13-21)14-16-7-4-5-8-17(16)15-20-18(19)22/h4-5,7-8H,2-3,6,9-15H2,1H3,(H,20,22). The van der Waals surface area contributed by atoms with E-state index in [2.05, 4.69) is 41.4 Å². The van der Waals surface area contributed by atoms with Crippen LogP contribution >= 0.6 is 0 Å². The molecule has 0 saturated carbocycles. The molecule has 1 saturated heterocycles. The van der Waals surface area contributed by atoms with Gasteiger partial charge < -0.3 is 10.2 Å². The third kappa shape index (κ3) is 3.19. The highest BCUT2D eigenvalue weighted by atomic mass is 16.2. The first-order valence-electron chi connectivity index (χ1n) is 8.81. The van der Waals surface area contributed by atoms with Gasteiger partial charge in [-0.15, -0.1) is 0 Å². The predicted octanol–water partition coefficient (Wildman–Crippen LogP) is 3.13. The Balaban J connectivity index is 1.67. The average molecular weight is 300 g/mol. The molecular weight excluding hydrogens is 272 g/mol. The molecule has 2 heterocycles. The Morgan fingerprint density at radius 2 is 1.86 bits per heavy atom. The van der Waals surface area contributed by atoms with E-state index in [-0.39, 0.29) is 11.3 Å². The minimum Gasteiger partial charge on any atom is -0.352 e. The van der Waals surface area contributed by atoms with Crippen LogP contribution < -0.4 is 5.32 Å². The maximum Gasteiger partial charge on any atom is 0.226 e. The van der Waals surface area contributed by atoms with E-state index in [0.717, 1.165) is 32.4 Å². The predicted molar refractivity (Wildman–Crippen MR) is 89.6 cm³/mol. The molecule has 1 N–H and O–H groups in total. The van der Waals surface area contributed by atoms with E-state index in [0.29, 0.717) is 6.54 Å². The van der Waals surface area contributed by atoms with E-state index in [1.54, 1.807) is 0 Å². The van der Waals surface area contributed by atoms with Crippen molar-refractivity contribution in [2.24, 2.45) is 5.41 Å². The number of carbonyl (C=O) groups is 1. The number of unbranched alkanes of at least 4 members (excludes halogenated alkanes) is 2. The van der Waals surface area contributed by atoms with E-state index in [1.165, 1.54) is 36.9 Å². The second-order valence-corrected chi connectivity index (χ2v) is 6.96. The van der Waals surface area contributed by atoms with Gasteiger partial charge in [-0.2, -0.15) is 0 Å². The van der Waals surface area contributed by atoms with Crippen molar-refractivity contribution < 1.29 is 4.79 Å². The van der Waals surface area contributed by atoms with Gasteiger partial charge in [0.1, 0.15) is 0 Å². The second-order valence-electron chi connectivity index (χ2n) is 6.96. The third-order valence-electron chi connectivity index (χ3n) is 5.46. The van der Waals surface area contributed by atoms with Crippen LogP contribution in [0.4, 0.5) is 0 Å². The van der Waals surface area contributed by atoms with Gasteiger partial charge in [-0.25, -0.2) is 0 Å². The van der Waals surface area contributed by atoms with Crippen molar-refractivity contribution in [3.63, 3.8) is 0 Å². The Hall–Kier alpha value is -1.35. The number of likely N-dealkylation sites (tertiary alicyclic amines) is 1. The van der Waals surface area contributed by atoms with Gasteiger partial charge in [0.15, 0.2) is 0 Å². The smallest absolute Gasteiger partial charge is 0.226 e. The van der Waals surface area contributed by atoms with Crippen molar-refractivity contribution in [3.05, 3.63) is 35.4 Å². The normalized spacial score (nSPS) is 21.2. The molecule has 1 fully saturated rings. The lowest BCUT2D eigenvalue weighted by atomic mass is 9.73. The fourth-order valence-corrected chi connectivity index (χ4v) is 3.90. The monoisotopic (exact) mass is 300 g/mol. The Morgan fingerprint density at radius 1 is 1.14 bits per heavy atom. The molecular formula is C19H28N2O. The summed E-state index contributed by atoms with van der Waals surface area (Å²) in [7, 11) is 0. The average Bonchev–Trinajstić information content (AvgIpc) is 2.68. The van der Waals surface area contributed by atoms with E-state index >= 15 is 0 Å². The molecule has 1 aromatic rings. The number of hydrogen-bond donors (Lipinski definition) is 1. The lowest BCUT2D eigenvalue weighted by Crippen LogP contribution is -2.49. The summed E-state index contributed by atoms with van der Waals surface area (Å²) in [6.07, 6.45) is 6.79. The van der Waals surface area contributed by atoms with Crippen LogP contribution in [0.25, 0.3) is 0 Å². The van der Waals surface area contributed by atoms with Crippen molar-refractivity contribution in [3.8, 4) is 0 Å². The first kappa shape index (κ1) is 15.5. The summed E-state index contributed by atoms with van der Waals surface area (Å²) in [4.78, 5) is 15.2. The molecule has 0 aromatic heterocycles. The van der Waals surface area contributed by atoms with Gasteiger partial charge in [-0.05, 0) is 56.4 Å². The molecule has 1 amide bonds. The molecule has 120 valence electrons. The Morgan fingerprint density at radius 3 is 2.59 bits per heavy atom. The van der Waals surface area contributed by atoms with Gasteiger partial charge in [-0.1, -0.05) is 44.0 Å². The molecule has 0 aliphatic carbocycles. The van der Waals surface area contributed by atoms with Gasteiger partial charge in [0, 0.05) is 6.54 Å².